The summed E-state index contributed by atoms with van der Waals surface area (Å²) in [6.45, 7) is 1.27. The van der Waals surface area contributed by atoms with Crippen LogP contribution in [0.4, 0.5) is 4.39 Å². The number of nitrogens with zero attached hydrogens (tertiary/aromatic N) is 1. The SMILES string of the molecule is CC1(C2CC2)NC(=O)C2(CCCC2)N(CCF)C1=O. The lowest BCUT2D eigenvalue weighted by atomic mass is 9.82. The number of alkyl halides is 1. The molecule has 0 aromatic carbocycles. The maximum atomic E-state index is 12.9. The van der Waals surface area contributed by atoms with Gasteiger partial charge in [-0.05, 0) is 38.5 Å². The van der Waals surface area contributed by atoms with E-state index in [0.29, 0.717) is 12.8 Å². The van der Waals surface area contributed by atoms with E-state index in [9.17, 15) is 14.0 Å². The van der Waals surface area contributed by atoms with Crippen molar-refractivity contribution in [3.63, 3.8) is 0 Å². The van der Waals surface area contributed by atoms with Gasteiger partial charge in [0.1, 0.15) is 17.8 Å². The van der Waals surface area contributed by atoms with Crippen molar-refractivity contribution in [3.8, 4) is 0 Å². The van der Waals surface area contributed by atoms with E-state index in [1.807, 2.05) is 0 Å². The fraction of sp³-hybridized carbons (Fsp3) is 0.857. The third-order valence-electron chi connectivity index (χ3n) is 5.13. The van der Waals surface area contributed by atoms with E-state index >= 15 is 0 Å². The molecular formula is C14H21FN2O2. The molecule has 0 aromatic rings. The van der Waals surface area contributed by atoms with Crippen LogP contribution in [0.3, 0.4) is 0 Å². The number of nitrogens with one attached hydrogen (secondary N) is 1. The monoisotopic (exact) mass is 268 g/mol. The quantitative estimate of drug-likeness (QED) is 0.841. The predicted molar refractivity (Wildman–Crippen MR) is 68.2 cm³/mol. The van der Waals surface area contributed by atoms with Gasteiger partial charge in [-0.2, -0.15) is 0 Å². The molecule has 1 aliphatic heterocycles. The Bertz CT molecular complexity index is 416. The minimum Gasteiger partial charge on any atom is -0.340 e. The smallest absolute Gasteiger partial charge is 0.249 e. The van der Waals surface area contributed by atoms with E-state index in [2.05, 4.69) is 5.32 Å². The zero-order valence-corrected chi connectivity index (χ0v) is 11.4. The second kappa shape index (κ2) is 4.18. The van der Waals surface area contributed by atoms with Crippen molar-refractivity contribution < 1.29 is 14.0 Å². The Hall–Kier alpha value is -1.13. The minimum absolute atomic E-state index is 0.0502. The van der Waals surface area contributed by atoms with E-state index in [0.717, 1.165) is 25.7 Å². The maximum Gasteiger partial charge on any atom is 0.249 e. The predicted octanol–water partition coefficient (Wildman–Crippen LogP) is 1.40. The Balaban J connectivity index is 1.96. The fourth-order valence-electron chi connectivity index (χ4n) is 3.80. The molecule has 0 bridgehead atoms. The summed E-state index contributed by atoms with van der Waals surface area (Å²) in [5.74, 6) is 0.0893. The first kappa shape index (κ1) is 12.9. The van der Waals surface area contributed by atoms with Crippen LogP contribution < -0.4 is 5.32 Å². The van der Waals surface area contributed by atoms with Crippen molar-refractivity contribution >= 4 is 11.8 Å². The van der Waals surface area contributed by atoms with E-state index in [1.165, 1.54) is 0 Å². The van der Waals surface area contributed by atoms with Crippen molar-refractivity contribution in [3.05, 3.63) is 0 Å². The Kier molecular flexibility index (Phi) is 2.84. The first-order chi connectivity index (χ1) is 9.04. The van der Waals surface area contributed by atoms with E-state index < -0.39 is 17.8 Å². The summed E-state index contributed by atoms with van der Waals surface area (Å²) in [4.78, 5) is 26.9. The van der Waals surface area contributed by atoms with E-state index in [4.69, 9.17) is 0 Å². The highest BCUT2D eigenvalue weighted by Gasteiger charge is 2.61. The van der Waals surface area contributed by atoms with Gasteiger partial charge < -0.3 is 10.2 Å². The van der Waals surface area contributed by atoms with Crippen LogP contribution in [0.1, 0.15) is 45.4 Å². The number of carbonyl (C=O) groups excluding carboxylic acids is 2. The molecule has 3 rings (SSSR count). The summed E-state index contributed by atoms with van der Waals surface area (Å²) in [5, 5.41) is 2.97. The van der Waals surface area contributed by atoms with Crippen molar-refractivity contribution in [2.24, 2.45) is 5.92 Å². The summed E-state index contributed by atoms with van der Waals surface area (Å²) in [5.41, 5.74) is -1.57. The average molecular weight is 268 g/mol. The lowest BCUT2D eigenvalue weighted by molar-refractivity contribution is -0.163. The number of hydrogen-bond acceptors (Lipinski definition) is 2. The molecule has 1 spiro atoms. The number of rotatable bonds is 3. The molecule has 3 fully saturated rings. The van der Waals surface area contributed by atoms with Gasteiger partial charge in [-0.15, -0.1) is 0 Å². The zero-order chi connectivity index (χ0) is 13.7. The molecule has 2 amide bonds. The number of amides is 2. The van der Waals surface area contributed by atoms with Crippen molar-refractivity contribution in [1.82, 2.24) is 10.2 Å². The van der Waals surface area contributed by atoms with E-state index in [-0.39, 0.29) is 24.3 Å². The molecule has 106 valence electrons. The van der Waals surface area contributed by atoms with E-state index in [1.54, 1.807) is 11.8 Å². The molecule has 0 aromatic heterocycles. The molecule has 2 aliphatic carbocycles. The highest BCUT2D eigenvalue weighted by molar-refractivity contribution is 6.02. The van der Waals surface area contributed by atoms with Crippen LogP contribution in [0.5, 0.6) is 0 Å². The minimum atomic E-state index is -0.805. The van der Waals surface area contributed by atoms with Gasteiger partial charge in [0.2, 0.25) is 11.8 Å². The Morgan fingerprint density at radius 3 is 2.47 bits per heavy atom. The van der Waals surface area contributed by atoms with Gasteiger partial charge in [0.15, 0.2) is 0 Å². The zero-order valence-electron chi connectivity index (χ0n) is 11.4. The van der Waals surface area contributed by atoms with Gasteiger partial charge in [0.05, 0.1) is 6.54 Å². The van der Waals surface area contributed by atoms with Crippen molar-refractivity contribution in [2.45, 2.75) is 56.5 Å². The van der Waals surface area contributed by atoms with Gasteiger partial charge in [0.25, 0.3) is 0 Å². The normalized spacial score (nSPS) is 33.9. The Labute approximate surface area is 112 Å². The largest absolute Gasteiger partial charge is 0.340 e. The molecular weight excluding hydrogens is 247 g/mol. The van der Waals surface area contributed by atoms with Crippen LogP contribution in [0.25, 0.3) is 0 Å². The summed E-state index contributed by atoms with van der Waals surface area (Å²) >= 11 is 0. The second-order valence-corrected chi connectivity index (χ2v) is 6.32. The first-order valence-corrected chi connectivity index (χ1v) is 7.25. The highest BCUT2D eigenvalue weighted by atomic mass is 19.1. The molecule has 1 atom stereocenters. The Morgan fingerprint density at radius 2 is 1.95 bits per heavy atom. The van der Waals surface area contributed by atoms with Crippen LogP contribution in [0.15, 0.2) is 0 Å². The third-order valence-corrected chi connectivity index (χ3v) is 5.13. The van der Waals surface area contributed by atoms with Gasteiger partial charge in [-0.1, -0.05) is 12.8 Å². The Morgan fingerprint density at radius 1 is 1.32 bits per heavy atom. The second-order valence-electron chi connectivity index (χ2n) is 6.32. The molecule has 2 saturated carbocycles. The summed E-state index contributed by atoms with van der Waals surface area (Å²) in [7, 11) is 0. The molecule has 1 unspecified atom stereocenters. The average Bonchev–Trinajstić information content (AvgIpc) is 3.13. The van der Waals surface area contributed by atoms with Gasteiger partial charge in [0, 0.05) is 0 Å². The first-order valence-electron chi connectivity index (χ1n) is 7.25. The third kappa shape index (κ3) is 1.70. The molecule has 0 radical (unpaired) electrons. The molecule has 4 nitrogen and oxygen atoms in total. The van der Waals surface area contributed by atoms with Crippen LogP contribution in [0.2, 0.25) is 0 Å². The lowest BCUT2D eigenvalue weighted by Gasteiger charge is -2.50. The molecule has 3 aliphatic rings. The fourth-order valence-corrected chi connectivity index (χ4v) is 3.80. The van der Waals surface area contributed by atoms with Crippen LogP contribution >= 0.6 is 0 Å². The number of halogens is 1. The summed E-state index contributed by atoms with van der Waals surface area (Å²) in [6.07, 6.45) is 5.15. The standard InChI is InChI=1S/C14H21FN2O2/c1-13(10-4-5-10)12(19)17(9-8-15)14(11(18)16-13)6-2-3-7-14/h10H,2-9H2,1H3,(H,16,18). The number of piperazine rings is 1. The van der Waals surface area contributed by atoms with Crippen molar-refractivity contribution in [2.75, 3.05) is 13.2 Å². The van der Waals surface area contributed by atoms with Crippen LogP contribution in [-0.4, -0.2) is 41.0 Å². The molecule has 1 heterocycles. The highest BCUT2D eigenvalue weighted by Crippen LogP contribution is 2.46. The molecule has 1 saturated heterocycles. The lowest BCUT2D eigenvalue weighted by Crippen LogP contribution is -2.75. The number of hydrogen-bond donors (Lipinski definition) is 1. The van der Waals surface area contributed by atoms with Crippen LogP contribution in [-0.2, 0) is 9.59 Å². The molecule has 19 heavy (non-hydrogen) atoms. The number of carbonyl (C=O) groups is 2. The topological polar surface area (TPSA) is 49.4 Å². The van der Waals surface area contributed by atoms with Crippen LogP contribution in [0, 0.1) is 5.92 Å². The van der Waals surface area contributed by atoms with Gasteiger partial charge in [-0.25, -0.2) is 4.39 Å². The van der Waals surface area contributed by atoms with Gasteiger partial charge >= 0.3 is 0 Å². The maximum absolute atomic E-state index is 12.9. The molecule has 5 heteroatoms. The molecule has 1 N–H and O–H groups in total. The van der Waals surface area contributed by atoms with Crippen molar-refractivity contribution in [1.29, 1.82) is 0 Å². The summed E-state index contributed by atoms with van der Waals surface area (Å²) in [6, 6.07) is 0. The summed E-state index contributed by atoms with van der Waals surface area (Å²) < 4.78 is 12.9. The van der Waals surface area contributed by atoms with Gasteiger partial charge in [-0.3, -0.25) is 9.59 Å².